The lowest BCUT2D eigenvalue weighted by atomic mass is 10.0. The number of unbranched alkanes of at least 4 members (excludes halogenated alkanes) is 1. The summed E-state index contributed by atoms with van der Waals surface area (Å²) in [6.07, 6.45) is 6.47. The molecule has 6 heteroatoms. The Labute approximate surface area is 196 Å². The van der Waals surface area contributed by atoms with Crippen molar-refractivity contribution in [1.29, 1.82) is 0 Å². The van der Waals surface area contributed by atoms with Crippen LogP contribution < -0.4 is 5.32 Å². The Bertz CT molecular complexity index is 1000. The summed E-state index contributed by atoms with van der Waals surface area (Å²) in [7, 11) is 0. The SMILES string of the molecule is C[C@@H]1CCCCN1CCCCNC(=O)c1ccc2c(c1)C(=O)N(CCc1ccccc1)C2=O. The van der Waals surface area contributed by atoms with E-state index in [9.17, 15) is 14.4 Å². The minimum Gasteiger partial charge on any atom is -0.352 e. The quantitative estimate of drug-likeness (QED) is 0.467. The Morgan fingerprint density at radius 1 is 0.970 bits per heavy atom. The molecule has 0 aliphatic carbocycles. The first kappa shape index (κ1) is 23.2. The molecular formula is C27H33N3O3. The van der Waals surface area contributed by atoms with Crippen LogP contribution in [-0.2, 0) is 6.42 Å². The number of likely N-dealkylation sites (tertiary alicyclic amines) is 1. The van der Waals surface area contributed by atoms with Gasteiger partial charge in [0.15, 0.2) is 0 Å². The van der Waals surface area contributed by atoms with E-state index in [-0.39, 0.29) is 17.7 Å². The Hall–Kier alpha value is -2.99. The molecule has 2 heterocycles. The second-order valence-corrected chi connectivity index (χ2v) is 9.10. The molecule has 2 aliphatic heterocycles. The van der Waals surface area contributed by atoms with Gasteiger partial charge in [-0.3, -0.25) is 19.3 Å². The van der Waals surface area contributed by atoms with Gasteiger partial charge in [0.05, 0.1) is 11.1 Å². The molecule has 2 aromatic rings. The van der Waals surface area contributed by atoms with Crippen molar-refractivity contribution in [1.82, 2.24) is 15.1 Å². The maximum absolute atomic E-state index is 12.8. The van der Waals surface area contributed by atoms with Crippen molar-refractivity contribution in [2.45, 2.75) is 51.5 Å². The molecular weight excluding hydrogens is 414 g/mol. The summed E-state index contributed by atoms with van der Waals surface area (Å²) in [4.78, 5) is 42.0. The van der Waals surface area contributed by atoms with Crippen molar-refractivity contribution in [3.63, 3.8) is 0 Å². The molecule has 0 bridgehead atoms. The van der Waals surface area contributed by atoms with Crippen molar-refractivity contribution in [3.05, 3.63) is 70.8 Å². The monoisotopic (exact) mass is 447 g/mol. The molecule has 0 radical (unpaired) electrons. The molecule has 1 atom stereocenters. The summed E-state index contributed by atoms with van der Waals surface area (Å²) in [5.74, 6) is -0.812. The van der Waals surface area contributed by atoms with Gasteiger partial charge in [-0.2, -0.15) is 0 Å². The molecule has 33 heavy (non-hydrogen) atoms. The van der Waals surface area contributed by atoms with Crippen molar-refractivity contribution in [2.24, 2.45) is 0 Å². The number of piperidine rings is 1. The Balaban J connectivity index is 1.27. The van der Waals surface area contributed by atoms with Crippen LogP contribution in [0.2, 0.25) is 0 Å². The molecule has 2 aromatic carbocycles. The number of imide groups is 1. The fourth-order valence-corrected chi connectivity index (χ4v) is 4.75. The number of nitrogens with zero attached hydrogens (tertiary/aromatic N) is 2. The van der Waals surface area contributed by atoms with Crippen molar-refractivity contribution >= 4 is 17.7 Å². The van der Waals surface area contributed by atoms with Crippen molar-refractivity contribution < 1.29 is 14.4 Å². The molecule has 4 rings (SSSR count). The van der Waals surface area contributed by atoms with Crippen molar-refractivity contribution in [2.75, 3.05) is 26.2 Å². The second kappa shape index (κ2) is 10.8. The molecule has 6 nitrogen and oxygen atoms in total. The fourth-order valence-electron chi connectivity index (χ4n) is 4.75. The summed E-state index contributed by atoms with van der Waals surface area (Å²) >= 11 is 0. The molecule has 1 N–H and O–H groups in total. The third kappa shape index (κ3) is 5.50. The Kier molecular flexibility index (Phi) is 7.55. The van der Waals surface area contributed by atoms with Gasteiger partial charge in [-0.1, -0.05) is 36.8 Å². The average molecular weight is 448 g/mol. The molecule has 1 saturated heterocycles. The van der Waals surface area contributed by atoms with Crippen LogP contribution in [0.1, 0.15) is 75.7 Å². The normalized spacial score (nSPS) is 18.5. The van der Waals surface area contributed by atoms with Gasteiger partial charge < -0.3 is 10.2 Å². The maximum atomic E-state index is 12.8. The van der Waals surface area contributed by atoms with E-state index < -0.39 is 0 Å². The van der Waals surface area contributed by atoms with E-state index in [1.54, 1.807) is 18.2 Å². The van der Waals surface area contributed by atoms with Crippen LogP contribution in [0, 0.1) is 0 Å². The highest BCUT2D eigenvalue weighted by Crippen LogP contribution is 2.24. The van der Waals surface area contributed by atoms with E-state index in [4.69, 9.17) is 0 Å². The van der Waals surface area contributed by atoms with Gasteiger partial charge in [0.2, 0.25) is 0 Å². The lowest BCUT2D eigenvalue weighted by Gasteiger charge is -2.33. The van der Waals surface area contributed by atoms with Gasteiger partial charge in [-0.05, 0) is 75.9 Å². The minimum atomic E-state index is -0.323. The van der Waals surface area contributed by atoms with Gasteiger partial charge in [-0.25, -0.2) is 0 Å². The molecule has 174 valence electrons. The molecule has 3 amide bonds. The lowest BCUT2D eigenvalue weighted by molar-refractivity contribution is 0.0656. The zero-order chi connectivity index (χ0) is 23.2. The maximum Gasteiger partial charge on any atom is 0.261 e. The van der Waals surface area contributed by atoms with Gasteiger partial charge in [0.1, 0.15) is 0 Å². The Morgan fingerprint density at radius 3 is 2.55 bits per heavy atom. The standard InChI is InChI=1S/C27H33N3O3/c1-20-9-5-7-16-29(20)17-8-6-15-28-25(31)22-12-13-23-24(19-22)27(33)30(26(23)32)18-14-21-10-3-2-4-11-21/h2-4,10-13,19-20H,5-9,14-18H2,1H3,(H,28,31)/t20-/m1/s1. The van der Waals surface area contributed by atoms with Gasteiger partial charge in [-0.15, -0.1) is 0 Å². The highest BCUT2D eigenvalue weighted by atomic mass is 16.2. The van der Waals surface area contributed by atoms with Crippen LogP contribution in [-0.4, -0.2) is 59.7 Å². The van der Waals surface area contributed by atoms with E-state index >= 15 is 0 Å². The van der Waals surface area contributed by atoms with Crippen LogP contribution in [0.25, 0.3) is 0 Å². The number of rotatable bonds is 9. The number of carbonyl (C=O) groups excluding carboxylic acids is 3. The summed E-state index contributed by atoms with van der Waals surface area (Å²) in [5, 5.41) is 2.96. The third-order valence-electron chi connectivity index (χ3n) is 6.80. The number of benzene rings is 2. The Morgan fingerprint density at radius 2 is 1.76 bits per heavy atom. The number of carbonyl (C=O) groups is 3. The summed E-state index contributed by atoms with van der Waals surface area (Å²) in [5.41, 5.74) is 2.19. The van der Waals surface area contributed by atoms with E-state index in [1.165, 1.54) is 30.7 Å². The molecule has 0 aromatic heterocycles. The van der Waals surface area contributed by atoms with Crippen LogP contribution in [0.4, 0.5) is 0 Å². The number of hydrogen-bond acceptors (Lipinski definition) is 4. The zero-order valence-corrected chi connectivity index (χ0v) is 19.4. The largest absolute Gasteiger partial charge is 0.352 e. The van der Waals surface area contributed by atoms with Crippen LogP contribution in [0.3, 0.4) is 0 Å². The number of nitrogens with one attached hydrogen (secondary N) is 1. The fraction of sp³-hybridized carbons (Fsp3) is 0.444. The van der Waals surface area contributed by atoms with Crippen LogP contribution in [0.5, 0.6) is 0 Å². The number of hydrogen-bond donors (Lipinski definition) is 1. The number of amides is 3. The topological polar surface area (TPSA) is 69.7 Å². The third-order valence-corrected chi connectivity index (χ3v) is 6.80. The smallest absolute Gasteiger partial charge is 0.261 e. The summed E-state index contributed by atoms with van der Waals surface area (Å²) in [6.45, 7) is 5.48. The molecule has 0 unspecified atom stereocenters. The van der Waals surface area contributed by atoms with Crippen LogP contribution >= 0.6 is 0 Å². The average Bonchev–Trinajstić information content (AvgIpc) is 3.08. The van der Waals surface area contributed by atoms with E-state index in [0.717, 1.165) is 24.9 Å². The highest BCUT2D eigenvalue weighted by molar-refractivity contribution is 6.22. The first-order valence-electron chi connectivity index (χ1n) is 12.1. The molecule has 0 saturated carbocycles. The van der Waals surface area contributed by atoms with Gasteiger partial charge >= 0.3 is 0 Å². The van der Waals surface area contributed by atoms with E-state index in [2.05, 4.69) is 17.1 Å². The van der Waals surface area contributed by atoms with E-state index in [1.807, 2.05) is 30.3 Å². The van der Waals surface area contributed by atoms with E-state index in [0.29, 0.717) is 42.2 Å². The summed E-state index contributed by atoms with van der Waals surface area (Å²) in [6, 6.07) is 15.2. The number of fused-ring (bicyclic) bond motifs is 1. The highest BCUT2D eigenvalue weighted by Gasteiger charge is 2.35. The summed E-state index contributed by atoms with van der Waals surface area (Å²) < 4.78 is 0. The molecule has 2 aliphatic rings. The van der Waals surface area contributed by atoms with Crippen LogP contribution in [0.15, 0.2) is 48.5 Å². The lowest BCUT2D eigenvalue weighted by Crippen LogP contribution is -2.38. The predicted octanol–water partition coefficient (Wildman–Crippen LogP) is 3.91. The van der Waals surface area contributed by atoms with Gasteiger partial charge in [0.25, 0.3) is 17.7 Å². The second-order valence-electron chi connectivity index (χ2n) is 9.10. The zero-order valence-electron chi connectivity index (χ0n) is 19.4. The molecule has 0 spiro atoms. The van der Waals surface area contributed by atoms with Crippen molar-refractivity contribution in [3.8, 4) is 0 Å². The van der Waals surface area contributed by atoms with Gasteiger partial charge in [0, 0.05) is 24.7 Å². The molecule has 1 fully saturated rings. The predicted molar refractivity (Wildman–Crippen MR) is 128 cm³/mol. The minimum absolute atomic E-state index is 0.202. The first-order valence-corrected chi connectivity index (χ1v) is 12.1. The first-order chi connectivity index (χ1) is 16.0.